The van der Waals surface area contributed by atoms with Gasteiger partial charge >= 0.3 is 0 Å². The van der Waals surface area contributed by atoms with Crippen molar-refractivity contribution in [2.24, 2.45) is 5.92 Å². The molecule has 2 aliphatic carbocycles. The molecular weight excluding hydrogens is 306 g/mol. The lowest BCUT2D eigenvalue weighted by Gasteiger charge is -2.34. The van der Waals surface area contributed by atoms with Gasteiger partial charge in [0.25, 0.3) is 0 Å². The zero-order valence-electron chi connectivity index (χ0n) is 13.8. The molecule has 2 nitrogen and oxygen atoms in total. The van der Waals surface area contributed by atoms with Gasteiger partial charge in [-0.3, -0.25) is 0 Å². The van der Waals surface area contributed by atoms with E-state index in [1.807, 2.05) is 6.92 Å². The van der Waals surface area contributed by atoms with Crippen molar-refractivity contribution in [3.8, 4) is 0 Å². The van der Waals surface area contributed by atoms with Crippen molar-refractivity contribution in [2.75, 3.05) is 0 Å². The Kier molecular flexibility index (Phi) is 6.96. The molecule has 2 rings (SSSR count). The van der Waals surface area contributed by atoms with Crippen LogP contribution in [0.5, 0.6) is 0 Å². The van der Waals surface area contributed by atoms with Crippen LogP contribution in [-0.4, -0.2) is 29.7 Å². The molecule has 0 N–H and O–H groups in total. The van der Waals surface area contributed by atoms with Crippen LogP contribution in [0, 0.1) is 5.92 Å². The molecule has 0 bridgehead atoms. The summed E-state index contributed by atoms with van der Waals surface area (Å²) in [5, 5.41) is 0. The summed E-state index contributed by atoms with van der Waals surface area (Å²) < 4.78 is 38.1. The summed E-state index contributed by atoms with van der Waals surface area (Å²) in [5.41, 5.74) is -0.0127. The monoisotopic (exact) mass is 336 g/mol. The molecule has 0 aromatic heterocycles. The summed E-state index contributed by atoms with van der Waals surface area (Å²) in [4.78, 5) is 0. The van der Waals surface area contributed by atoms with Crippen LogP contribution in [0.15, 0.2) is 0 Å². The molecule has 0 heterocycles. The van der Waals surface area contributed by atoms with Crippen LogP contribution >= 0.6 is 12.6 Å². The Bertz CT molecular complexity index is 329. The Labute approximate surface area is 138 Å². The van der Waals surface area contributed by atoms with Crippen molar-refractivity contribution in [3.63, 3.8) is 0 Å². The first-order valence-electron chi connectivity index (χ1n) is 8.71. The smallest absolute Gasteiger partial charge is 0.248 e. The predicted octanol–water partition coefficient (Wildman–Crippen LogP) is 5.21. The van der Waals surface area contributed by atoms with Gasteiger partial charge in [0.05, 0.1) is 23.7 Å². The van der Waals surface area contributed by atoms with Gasteiger partial charge in [-0.1, -0.05) is 12.8 Å². The van der Waals surface area contributed by atoms with Gasteiger partial charge in [-0.05, 0) is 51.9 Å². The average molecular weight is 336 g/mol. The molecule has 0 radical (unpaired) electrons. The highest BCUT2D eigenvalue weighted by Gasteiger charge is 2.36. The molecule has 3 unspecified atom stereocenters. The average Bonchev–Trinajstić information content (AvgIpc) is 2.41. The van der Waals surface area contributed by atoms with Crippen LogP contribution < -0.4 is 0 Å². The van der Waals surface area contributed by atoms with Gasteiger partial charge in [0, 0.05) is 12.8 Å². The van der Waals surface area contributed by atoms with Gasteiger partial charge in [-0.2, -0.15) is 0 Å². The number of hydrogen-bond donors (Lipinski definition) is 1. The largest absolute Gasteiger partial charge is 0.375 e. The van der Waals surface area contributed by atoms with Crippen LogP contribution in [0.2, 0.25) is 0 Å². The van der Waals surface area contributed by atoms with Crippen molar-refractivity contribution in [3.05, 3.63) is 0 Å². The number of hydrogen-bond acceptors (Lipinski definition) is 3. The lowest BCUT2D eigenvalue weighted by atomic mass is 9.83. The van der Waals surface area contributed by atoms with Gasteiger partial charge in [0.2, 0.25) is 5.92 Å². The maximum absolute atomic E-state index is 13.2. The molecular formula is C17H30F2O2S. The fourth-order valence-electron chi connectivity index (χ4n) is 3.86. The van der Waals surface area contributed by atoms with E-state index in [0.29, 0.717) is 24.9 Å². The summed E-state index contributed by atoms with van der Waals surface area (Å²) in [7, 11) is 0. The third-order valence-electron chi connectivity index (χ3n) is 4.88. The molecule has 2 saturated carbocycles. The third-order valence-corrected chi connectivity index (χ3v) is 5.00. The Balaban J connectivity index is 1.69. The zero-order valence-corrected chi connectivity index (χ0v) is 14.7. The fraction of sp³-hybridized carbons (Fsp3) is 1.00. The summed E-state index contributed by atoms with van der Waals surface area (Å²) in [6.07, 6.45) is 7.02. The Morgan fingerprint density at radius 1 is 1.05 bits per heavy atom. The molecule has 4 atom stereocenters. The van der Waals surface area contributed by atoms with Gasteiger partial charge in [-0.15, -0.1) is 12.6 Å². The minimum absolute atomic E-state index is 0.0127. The second kappa shape index (κ2) is 8.29. The normalized spacial score (nSPS) is 32.6. The summed E-state index contributed by atoms with van der Waals surface area (Å²) in [5.74, 6) is -1.86. The molecule has 130 valence electrons. The van der Waals surface area contributed by atoms with Crippen molar-refractivity contribution in [1.82, 2.24) is 0 Å². The van der Waals surface area contributed by atoms with Crippen molar-refractivity contribution >= 4 is 12.6 Å². The quantitative estimate of drug-likeness (QED) is 0.530. The molecule has 2 fully saturated rings. The zero-order chi connectivity index (χ0) is 16.2. The molecule has 0 saturated heterocycles. The van der Waals surface area contributed by atoms with E-state index in [2.05, 4.69) is 19.6 Å². The SMILES string of the molecule is CC(CC1CCCC(O[C@@H](C)S)C1)OC1CCC(F)(F)CC1. The molecule has 22 heavy (non-hydrogen) atoms. The number of rotatable bonds is 6. The third kappa shape index (κ3) is 6.32. The summed E-state index contributed by atoms with van der Waals surface area (Å²) >= 11 is 4.30. The minimum atomic E-state index is -2.47. The van der Waals surface area contributed by atoms with Crippen LogP contribution in [-0.2, 0) is 9.47 Å². The first-order valence-corrected chi connectivity index (χ1v) is 9.22. The summed E-state index contributed by atoms with van der Waals surface area (Å²) in [6, 6.07) is 0. The highest BCUT2D eigenvalue weighted by molar-refractivity contribution is 7.80. The Morgan fingerprint density at radius 3 is 2.36 bits per heavy atom. The Morgan fingerprint density at radius 2 is 1.73 bits per heavy atom. The summed E-state index contributed by atoms with van der Waals surface area (Å²) in [6.45, 7) is 4.04. The van der Waals surface area contributed by atoms with Crippen molar-refractivity contribution < 1.29 is 18.3 Å². The second-order valence-electron chi connectivity index (χ2n) is 7.13. The van der Waals surface area contributed by atoms with E-state index < -0.39 is 5.92 Å². The maximum atomic E-state index is 13.2. The topological polar surface area (TPSA) is 18.5 Å². The van der Waals surface area contributed by atoms with E-state index in [9.17, 15) is 8.78 Å². The first-order chi connectivity index (χ1) is 10.3. The number of thiol groups is 1. The van der Waals surface area contributed by atoms with E-state index >= 15 is 0 Å². The van der Waals surface area contributed by atoms with Crippen LogP contribution in [0.25, 0.3) is 0 Å². The highest BCUT2D eigenvalue weighted by atomic mass is 32.1. The van der Waals surface area contributed by atoms with E-state index in [-0.39, 0.29) is 30.5 Å². The van der Waals surface area contributed by atoms with Crippen LogP contribution in [0.3, 0.4) is 0 Å². The molecule has 2 aliphatic rings. The molecule has 5 heteroatoms. The molecule has 0 amide bonds. The number of alkyl halides is 2. The van der Waals surface area contributed by atoms with E-state index in [1.165, 1.54) is 12.8 Å². The van der Waals surface area contributed by atoms with Crippen molar-refractivity contribution in [1.29, 1.82) is 0 Å². The molecule has 0 aliphatic heterocycles. The first kappa shape index (κ1) is 18.5. The van der Waals surface area contributed by atoms with Gasteiger partial charge in [-0.25, -0.2) is 8.78 Å². The predicted molar refractivity (Wildman–Crippen MR) is 87.6 cm³/mol. The minimum Gasteiger partial charge on any atom is -0.375 e. The lowest BCUT2D eigenvalue weighted by molar-refractivity contribution is -0.101. The maximum Gasteiger partial charge on any atom is 0.248 e. The lowest BCUT2D eigenvalue weighted by Crippen LogP contribution is -2.32. The fourth-order valence-corrected chi connectivity index (χ4v) is 4.03. The van der Waals surface area contributed by atoms with Gasteiger partial charge in [0.1, 0.15) is 0 Å². The molecule has 0 aromatic rings. The Hall–Kier alpha value is 0.130. The van der Waals surface area contributed by atoms with E-state index in [0.717, 1.165) is 19.3 Å². The van der Waals surface area contributed by atoms with E-state index in [1.54, 1.807) is 0 Å². The standard InChI is InChI=1S/C17H30F2O2S/c1-12(20-15-6-8-17(18,19)9-7-15)10-14-4-3-5-16(11-14)21-13(2)22/h12-16,22H,3-11H2,1-2H3/t12?,13-,14?,16?/m1/s1. The number of halogens is 2. The second-order valence-corrected chi connectivity index (χ2v) is 7.85. The molecule has 0 spiro atoms. The van der Waals surface area contributed by atoms with E-state index in [4.69, 9.17) is 9.47 Å². The van der Waals surface area contributed by atoms with Gasteiger partial charge < -0.3 is 9.47 Å². The number of ether oxygens (including phenoxy) is 2. The molecule has 0 aromatic carbocycles. The van der Waals surface area contributed by atoms with Crippen LogP contribution in [0.1, 0.15) is 71.6 Å². The van der Waals surface area contributed by atoms with Crippen molar-refractivity contribution in [2.45, 2.75) is 101 Å². The van der Waals surface area contributed by atoms with Gasteiger partial charge in [0.15, 0.2) is 0 Å². The highest BCUT2D eigenvalue weighted by Crippen LogP contribution is 2.36. The van der Waals surface area contributed by atoms with Crippen LogP contribution in [0.4, 0.5) is 8.78 Å².